The molecule has 1 fully saturated rings. The van der Waals surface area contributed by atoms with E-state index in [4.69, 9.17) is 16.2 Å². The van der Waals surface area contributed by atoms with E-state index in [0.29, 0.717) is 24.8 Å². The summed E-state index contributed by atoms with van der Waals surface area (Å²) in [7, 11) is 0. The van der Waals surface area contributed by atoms with E-state index in [1.807, 2.05) is 0 Å². The zero-order chi connectivity index (χ0) is 13.3. The van der Waals surface area contributed by atoms with Crippen molar-refractivity contribution in [2.24, 2.45) is 11.5 Å². The van der Waals surface area contributed by atoms with Crippen LogP contribution in [-0.2, 0) is 4.79 Å². The van der Waals surface area contributed by atoms with Crippen molar-refractivity contribution in [3.63, 3.8) is 0 Å². The molecule has 1 aromatic rings. The van der Waals surface area contributed by atoms with Gasteiger partial charge in [-0.15, -0.1) is 0 Å². The van der Waals surface area contributed by atoms with Crippen molar-refractivity contribution in [3.05, 3.63) is 29.6 Å². The smallest absolute Gasteiger partial charge is 0.237 e. The van der Waals surface area contributed by atoms with Crippen molar-refractivity contribution in [1.82, 2.24) is 0 Å². The van der Waals surface area contributed by atoms with Gasteiger partial charge in [0.05, 0.1) is 5.54 Å². The highest BCUT2D eigenvalue weighted by Gasteiger charge is 2.41. The summed E-state index contributed by atoms with van der Waals surface area (Å²) in [4.78, 5) is 11.2. The molecule has 1 aliphatic rings. The van der Waals surface area contributed by atoms with E-state index in [1.165, 1.54) is 0 Å². The van der Waals surface area contributed by atoms with E-state index in [0.717, 1.165) is 0 Å². The summed E-state index contributed by atoms with van der Waals surface area (Å²) in [6, 6.07) is 4.98. The Labute approximate surface area is 105 Å². The van der Waals surface area contributed by atoms with Crippen molar-refractivity contribution in [2.45, 2.75) is 37.8 Å². The van der Waals surface area contributed by atoms with Crippen LogP contribution < -0.4 is 16.2 Å². The molecule has 0 radical (unpaired) electrons. The third-order valence-electron chi connectivity index (χ3n) is 3.45. The summed E-state index contributed by atoms with van der Waals surface area (Å²) >= 11 is 0. The molecule has 4 N–H and O–H groups in total. The van der Waals surface area contributed by atoms with Crippen LogP contribution in [0.1, 0.15) is 24.8 Å². The van der Waals surface area contributed by atoms with Crippen LogP contribution in [0.5, 0.6) is 5.75 Å². The van der Waals surface area contributed by atoms with Crippen LogP contribution in [0, 0.1) is 12.7 Å². The van der Waals surface area contributed by atoms with Gasteiger partial charge in [0.15, 0.2) is 11.6 Å². The predicted molar refractivity (Wildman–Crippen MR) is 65.5 cm³/mol. The van der Waals surface area contributed by atoms with Gasteiger partial charge in [0.1, 0.15) is 6.10 Å². The van der Waals surface area contributed by atoms with Crippen LogP contribution in [0.4, 0.5) is 4.39 Å². The molecule has 0 aliphatic heterocycles. The number of hydrogen-bond acceptors (Lipinski definition) is 3. The number of benzene rings is 1. The fourth-order valence-corrected chi connectivity index (χ4v) is 2.24. The molecular formula is C13H17FN2O2. The zero-order valence-electron chi connectivity index (χ0n) is 10.3. The van der Waals surface area contributed by atoms with E-state index < -0.39 is 11.4 Å². The molecule has 0 bridgehead atoms. The lowest BCUT2D eigenvalue weighted by Gasteiger charge is -2.20. The maximum Gasteiger partial charge on any atom is 0.237 e. The highest BCUT2D eigenvalue weighted by molar-refractivity contribution is 5.84. The first kappa shape index (κ1) is 12.8. The molecule has 1 amide bonds. The quantitative estimate of drug-likeness (QED) is 0.849. The molecule has 2 rings (SSSR count). The molecule has 1 aliphatic carbocycles. The van der Waals surface area contributed by atoms with Crippen LogP contribution in [0.2, 0.25) is 0 Å². The summed E-state index contributed by atoms with van der Waals surface area (Å²) in [5.41, 5.74) is 10.6. The van der Waals surface area contributed by atoms with E-state index in [9.17, 15) is 9.18 Å². The van der Waals surface area contributed by atoms with Crippen LogP contribution in [0.15, 0.2) is 18.2 Å². The maximum atomic E-state index is 13.8. The summed E-state index contributed by atoms with van der Waals surface area (Å²) in [6.07, 6.45) is 1.14. The average Bonchev–Trinajstić information content (AvgIpc) is 2.68. The molecule has 4 nitrogen and oxygen atoms in total. The second kappa shape index (κ2) is 4.57. The number of halogens is 1. The minimum atomic E-state index is -1.02. The maximum absolute atomic E-state index is 13.8. The molecule has 0 saturated heterocycles. The lowest BCUT2D eigenvalue weighted by atomic mass is 9.99. The van der Waals surface area contributed by atoms with Crippen molar-refractivity contribution in [3.8, 4) is 5.75 Å². The Balaban J connectivity index is 2.08. The first-order valence-corrected chi connectivity index (χ1v) is 5.93. The number of carbonyl (C=O) groups excluding carboxylic acids is 1. The highest BCUT2D eigenvalue weighted by Crippen LogP contribution is 2.32. The van der Waals surface area contributed by atoms with Crippen molar-refractivity contribution >= 4 is 5.91 Å². The van der Waals surface area contributed by atoms with Gasteiger partial charge in [-0.05, 0) is 31.4 Å². The minimum absolute atomic E-state index is 0.203. The largest absolute Gasteiger partial charge is 0.487 e. The van der Waals surface area contributed by atoms with Gasteiger partial charge < -0.3 is 16.2 Å². The zero-order valence-corrected chi connectivity index (χ0v) is 10.3. The Morgan fingerprint density at radius 3 is 2.89 bits per heavy atom. The molecular weight excluding hydrogens is 235 g/mol. The summed E-state index contributed by atoms with van der Waals surface area (Å²) in [5, 5.41) is 0. The second-order valence-corrected chi connectivity index (χ2v) is 4.89. The molecule has 2 atom stereocenters. The number of nitrogens with two attached hydrogens (primary N) is 2. The summed E-state index contributed by atoms with van der Waals surface area (Å²) < 4.78 is 19.3. The molecule has 18 heavy (non-hydrogen) atoms. The Kier molecular flexibility index (Phi) is 3.26. The minimum Gasteiger partial charge on any atom is -0.487 e. The second-order valence-electron chi connectivity index (χ2n) is 4.89. The Hall–Kier alpha value is -1.62. The number of primary amides is 1. The van der Waals surface area contributed by atoms with Gasteiger partial charge in [0, 0.05) is 6.42 Å². The molecule has 1 aromatic carbocycles. The molecule has 0 spiro atoms. The van der Waals surface area contributed by atoms with Gasteiger partial charge in [-0.3, -0.25) is 4.79 Å². The standard InChI is InChI=1S/C13H17FN2O2/c1-8-3-2-4-10(11(8)14)18-9-5-6-13(16,7-9)12(15)17/h2-4,9H,5-7,16H2,1H3,(H2,15,17). The number of aryl methyl sites for hydroxylation is 1. The van der Waals surface area contributed by atoms with E-state index in [1.54, 1.807) is 25.1 Å². The lowest BCUT2D eigenvalue weighted by molar-refractivity contribution is -0.123. The highest BCUT2D eigenvalue weighted by atomic mass is 19.1. The number of hydrogen-bond donors (Lipinski definition) is 2. The molecule has 0 heterocycles. The third-order valence-corrected chi connectivity index (χ3v) is 3.45. The Morgan fingerprint density at radius 2 is 2.28 bits per heavy atom. The SMILES string of the molecule is Cc1cccc(OC2CCC(N)(C(N)=O)C2)c1F. The number of rotatable bonds is 3. The Bertz CT molecular complexity index is 478. The summed E-state index contributed by atoms with van der Waals surface area (Å²) in [6.45, 7) is 1.67. The van der Waals surface area contributed by atoms with Crippen molar-refractivity contribution in [1.29, 1.82) is 0 Å². The van der Waals surface area contributed by atoms with Gasteiger partial charge in [0.25, 0.3) is 0 Å². The van der Waals surface area contributed by atoms with Crippen LogP contribution in [-0.4, -0.2) is 17.6 Å². The molecule has 0 aromatic heterocycles. The van der Waals surface area contributed by atoms with Crippen molar-refractivity contribution < 1.29 is 13.9 Å². The monoisotopic (exact) mass is 252 g/mol. The van der Waals surface area contributed by atoms with Crippen LogP contribution >= 0.6 is 0 Å². The van der Waals surface area contributed by atoms with Gasteiger partial charge in [-0.1, -0.05) is 12.1 Å². The fourth-order valence-electron chi connectivity index (χ4n) is 2.24. The summed E-state index contributed by atoms with van der Waals surface area (Å²) in [5.74, 6) is -0.696. The molecule has 2 unspecified atom stereocenters. The normalized spacial score (nSPS) is 27.2. The van der Waals surface area contributed by atoms with Crippen molar-refractivity contribution in [2.75, 3.05) is 0 Å². The Morgan fingerprint density at radius 1 is 1.56 bits per heavy atom. The van der Waals surface area contributed by atoms with Crippen LogP contribution in [0.25, 0.3) is 0 Å². The van der Waals surface area contributed by atoms with Gasteiger partial charge in [0.2, 0.25) is 5.91 Å². The van der Waals surface area contributed by atoms with Gasteiger partial charge >= 0.3 is 0 Å². The van der Waals surface area contributed by atoms with E-state index in [-0.39, 0.29) is 17.7 Å². The van der Waals surface area contributed by atoms with Gasteiger partial charge in [-0.25, -0.2) is 4.39 Å². The third kappa shape index (κ3) is 2.31. The first-order valence-electron chi connectivity index (χ1n) is 5.93. The average molecular weight is 252 g/mol. The van der Waals surface area contributed by atoms with E-state index >= 15 is 0 Å². The van der Waals surface area contributed by atoms with Crippen LogP contribution in [0.3, 0.4) is 0 Å². The molecule has 5 heteroatoms. The van der Waals surface area contributed by atoms with Gasteiger partial charge in [-0.2, -0.15) is 0 Å². The predicted octanol–water partition coefficient (Wildman–Crippen LogP) is 1.25. The number of carbonyl (C=O) groups is 1. The fraction of sp³-hybridized carbons (Fsp3) is 0.462. The van der Waals surface area contributed by atoms with E-state index in [2.05, 4.69) is 0 Å². The molecule has 1 saturated carbocycles. The lowest BCUT2D eigenvalue weighted by Crippen LogP contribution is -2.50. The topological polar surface area (TPSA) is 78.3 Å². The molecule has 98 valence electrons. The number of amides is 1. The first-order chi connectivity index (χ1) is 8.42. The number of ether oxygens (including phenoxy) is 1.